The standard InChI is InChI=1S/C12H14ClF2NO/c1-17-11-8(14)5-7(13)10(15)9(11)12(6-16)3-2-4-12/h5H,2-4,6,16H2,1H3. The van der Waals surface area contributed by atoms with E-state index >= 15 is 0 Å². The number of nitrogens with two attached hydrogens (primary N) is 1. The summed E-state index contributed by atoms with van der Waals surface area (Å²) in [6.45, 7) is 0.264. The number of benzene rings is 1. The van der Waals surface area contributed by atoms with Crippen LogP contribution in [0.1, 0.15) is 24.8 Å². The van der Waals surface area contributed by atoms with Crippen LogP contribution in [0, 0.1) is 11.6 Å². The first-order valence-corrected chi connectivity index (χ1v) is 5.85. The summed E-state index contributed by atoms with van der Waals surface area (Å²) in [6.07, 6.45) is 2.42. The zero-order valence-corrected chi connectivity index (χ0v) is 10.3. The topological polar surface area (TPSA) is 35.2 Å². The van der Waals surface area contributed by atoms with Gasteiger partial charge >= 0.3 is 0 Å². The maximum atomic E-state index is 14.1. The molecule has 0 spiro atoms. The van der Waals surface area contributed by atoms with Gasteiger partial charge in [-0.15, -0.1) is 0 Å². The molecule has 1 aromatic rings. The second-order valence-electron chi connectivity index (χ2n) is 4.40. The molecule has 0 bridgehead atoms. The van der Waals surface area contributed by atoms with Gasteiger partial charge in [0.05, 0.1) is 12.1 Å². The van der Waals surface area contributed by atoms with Crippen LogP contribution in [0.3, 0.4) is 0 Å². The van der Waals surface area contributed by atoms with Gasteiger partial charge in [0, 0.05) is 17.5 Å². The Kier molecular flexibility index (Phi) is 3.27. The Morgan fingerprint density at radius 3 is 2.53 bits per heavy atom. The highest BCUT2D eigenvalue weighted by Crippen LogP contribution is 2.49. The highest BCUT2D eigenvalue weighted by Gasteiger charge is 2.43. The minimum Gasteiger partial charge on any atom is -0.493 e. The van der Waals surface area contributed by atoms with E-state index in [1.165, 1.54) is 7.11 Å². The van der Waals surface area contributed by atoms with Crippen LogP contribution in [0.25, 0.3) is 0 Å². The second kappa shape index (κ2) is 4.42. The lowest BCUT2D eigenvalue weighted by Gasteiger charge is -2.42. The van der Waals surface area contributed by atoms with Gasteiger partial charge in [-0.2, -0.15) is 0 Å². The fourth-order valence-corrected chi connectivity index (χ4v) is 2.60. The molecule has 0 saturated heterocycles. The summed E-state index contributed by atoms with van der Waals surface area (Å²) in [5.41, 5.74) is 5.37. The monoisotopic (exact) mass is 261 g/mol. The molecule has 1 aliphatic carbocycles. The van der Waals surface area contributed by atoms with Crippen LogP contribution in [-0.2, 0) is 5.41 Å². The molecule has 5 heteroatoms. The van der Waals surface area contributed by atoms with E-state index in [-0.39, 0.29) is 22.9 Å². The molecule has 94 valence electrons. The lowest BCUT2D eigenvalue weighted by molar-refractivity contribution is 0.231. The molecule has 0 unspecified atom stereocenters. The highest BCUT2D eigenvalue weighted by molar-refractivity contribution is 6.30. The molecule has 1 aliphatic rings. The lowest BCUT2D eigenvalue weighted by atomic mass is 9.64. The molecule has 2 nitrogen and oxygen atoms in total. The Balaban J connectivity index is 2.65. The van der Waals surface area contributed by atoms with E-state index in [0.29, 0.717) is 0 Å². The highest BCUT2D eigenvalue weighted by atomic mass is 35.5. The van der Waals surface area contributed by atoms with Gasteiger partial charge in [-0.05, 0) is 18.9 Å². The van der Waals surface area contributed by atoms with E-state index in [0.717, 1.165) is 25.3 Å². The van der Waals surface area contributed by atoms with Crippen molar-refractivity contribution in [1.29, 1.82) is 0 Å². The average Bonchev–Trinajstić information content (AvgIpc) is 2.24. The molecular formula is C12H14ClF2NO. The molecule has 2 rings (SSSR count). The normalized spacial score (nSPS) is 17.7. The fraction of sp³-hybridized carbons (Fsp3) is 0.500. The maximum Gasteiger partial charge on any atom is 0.167 e. The van der Waals surface area contributed by atoms with Crippen molar-refractivity contribution in [2.45, 2.75) is 24.7 Å². The van der Waals surface area contributed by atoms with Crippen molar-refractivity contribution >= 4 is 11.6 Å². The summed E-state index contributed by atoms with van der Waals surface area (Å²) in [5, 5.41) is -0.224. The molecule has 0 heterocycles. The largest absolute Gasteiger partial charge is 0.493 e. The first-order chi connectivity index (χ1) is 8.05. The van der Waals surface area contributed by atoms with Crippen molar-refractivity contribution in [3.8, 4) is 5.75 Å². The van der Waals surface area contributed by atoms with Crippen LogP contribution in [0.2, 0.25) is 5.02 Å². The van der Waals surface area contributed by atoms with Crippen molar-refractivity contribution in [3.05, 3.63) is 28.3 Å². The Morgan fingerprint density at radius 2 is 2.12 bits per heavy atom. The third kappa shape index (κ3) is 1.79. The van der Waals surface area contributed by atoms with Gasteiger partial charge in [0.2, 0.25) is 0 Å². The Labute approximate surface area is 104 Å². The van der Waals surface area contributed by atoms with Crippen LogP contribution < -0.4 is 10.5 Å². The third-order valence-electron chi connectivity index (χ3n) is 3.56. The predicted molar refractivity (Wildman–Crippen MR) is 62.5 cm³/mol. The number of ether oxygens (including phenoxy) is 1. The minimum atomic E-state index is -0.645. The molecule has 2 N–H and O–H groups in total. The summed E-state index contributed by atoms with van der Waals surface area (Å²) in [7, 11) is 1.32. The maximum absolute atomic E-state index is 14.1. The summed E-state index contributed by atoms with van der Waals surface area (Å²) < 4.78 is 32.8. The molecule has 0 aromatic heterocycles. The first-order valence-electron chi connectivity index (χ1n) is 5.48. The number of halogens is 3. The van der Waals surface area contributed by atoms with Crippen molar-refractivity contribution in [1.82, 2.24) is 0 Å². The molecule has 0 atom stereocenters. The van der Waals surface area contributed by atoms with Crippen LogP contribution in [0.15, 0.2) is 6.07 Å². The van der Waals surface area contributed by atoms with Crippen LogP contribution in [-0.4, -0.2) is 13.7 Å². The predicted octanol–water partition coefficient (Wildman–Crippen LogP) is 3.01. The zero-order chi connectivity index (χ0) is 12.6. The van der Waals surface area contributed by atoms with Gasteiger partial charge in [0.15, 0.2) is 11.6 Å². The summed E-state index contributed by atoms with van der Waals surface area (Å²) in [4.78, 5) is 0. The van der Waals surface area contributed by atoms with Gasteiger partial charge in [0.1, 0.15) is 5.82 Å². The van der Waals surface area contributed by atoms with E-state index < -0.39 is 17.0 Å². The Morgan fingerprint density at radius 1 is 1.47 bits per heavy atom. The smallest absolute Gasteiger partial charge is 0.167 e. The van der Waals surface area contributed by atoms with Crippen molar-refractivity contribution in [2.24, 2.45) is 5.73 Å². The number of methoxy groups -OCH3 is 1. The van der Waals surface area contributed by atoms with E-state index in [2.05, 4.69) is 0 Å². The summed E-state index contributed by atoms with van der Waals surface area (Å²) in [6, 6.07) is 0.933. The molecular weight excluding hydrogens is 248 g/mol. The first kappa shape index (κ1) is 12.6. The van der Waals surface area contributed by atoms with E-state index in [9.17, 15) is 8.78 Å². The summed E-state index contributed by atoms with van der Waals surface area (Å²) >= 11 is 5.68. The minimum absolute atomic E-state index is 0.0722. The number of hydrogen-bond acceptors (Lipinski definition) is 2. The van der Waals surface area contributed by atoms with E-state index in [1.807, 2.05) is 0 Å². The molecule has 0 aliphatic heterocycles. The van der Waals surface area contributed by atoms with Gasteiger partial charge in [-0.25, -0.2) is 8.78 Å². The number of hydrogen-bond donors (Lipinski definition) is 1. The molecule has 1 fully saturated rings. The van der Waals surface area contributed by atoms with Crippen molar-refractivity contribution in [2.75, 3.05) is 13.7 Å². The lowest BCUT2D eigenvalue weighted by Crippen LogP contribution is -2.42. The van der Waals surface area contributed by atoms with Gasteiger partial charge in [-0.3, -0.25) is 0 Å². The fourth-order valence-electron chi connectivity index (χ4n) is 2.41. The van der Waals surface area contributed by atoms with E-state index in [4.69, 9.17) is 22.1 Å². The average molecular weight is 262 g/mol. The molecule has 0 amide bonds. The van der Waals surface area contributed by atoms with Crippen molar-refractivity contribution < 1.29 is 13.5 Å². The van der Waals surface area contributed by atoms with Crippen molar-refractivity contribution in [3.63, 3.8) is 0 Å². The van der Waals surface area contributed by atoms with E-state index in [1.54, 1.807) is 0 Å². The Hall–Kier alpha value is -0.870. The SMILES string of the molecule is COc1c(F)cc(Cl)c(F)c1C1(CN)CCC1. The van der Waals surface area contributed by atoms with Gasteiger partial charge in [-0.1, -0.05) is 18.0 Å². The van der Waals surface area contributed by atoms with Gasteiger partial charge in [0.25, 0.3) is 0 Å². The van der Waals surface area contributed by atoms with Crippen LogP contribution in [0.4, 0.5) is 8.78 Å². The van der Waals surface area contributed by atoms with Crippen LogP contribution in [0.5, 0.6) is 5.75 Å². The quantitative estimate of drug-likeness (QED) is 0.849. The molecule has 1 aromatic carbocycles. The summed E-state index contributed by atoms with van der Waals surface area (Å²) in [5.74, 6) is -1.33. The molecule has 17 heavy (non-hydrogen) atoms. The Bertz CT molecular complexity index is 441. The zero-order valence-electron chi connectivity index (χ0n) is 9.53. The molecule has 0 radical (unpaired) electrons. The van der Waals surface area contributed by atoms with Crippen LogP contribution >= 0.6 is 11.6 Å². The van der Waals surface area contributed by atoms with Gasteiger partial charge < -0.3 is 10.5 Å². The number of rotatable bonds is 3. The molecule has 1 saturated carbocycles. The third-order valence-corrected chi connectivity index (χ3v) is 3.84. The second-order valence-corrected chi connectivity index (χ2v) is 4.81.